The minimum Gasteiger partial charge on any atom is -0.444 e. The summed E-state index contributed by atoms with van der Waals surface area (Å²) in [4.78, 5) is 40.9. The summed E-state index contributed by atoms with van der Waals surface area (Å²) in [6.45, 7) is 7.31. The number of hydrogen-bond donors (Lipinski definition) is 2. The van der Waals surface area contributed by atoms with Crippen LogP contribution >= 0.6 is 0 Å². The number of H-pyrrole nitrogens is 1. The average Bonchev–Trinajstić information content (AvgIpc) is 3.72. The largest absolute Gasteiger partial charge is 0.444 e. The van der Waals surface area contributed by atoms with E-state index in [9.17, 15) is 14.9 Å². The van der Waals surface area contributed by atoms with Crippen LogP contribution in [0.3, 0.4) is 0 Å². The van der Waals surface area contributed by atoms with Gasteiger partial charge in [-0.1, -0.05) is 18.2 Å². The van der Waals surface area contributed by atoms with Gasteiger partial charge in [0.15, 0.2) is 0 Å². The maximum absolute atomic E-state index is 12.9. The molecule has 0 saturated carbocycles. The maximum Gasteiger partial charge on any atom is 0.410 e. The Labute approximate surface area is 243 Å². The van der Waals surface area contributed by atoms with Gasteiger partial charge in [-0.05, 0) is 39.3 Å². The van der Waals surface area contributed by atoms with E-state index in [2.05, 4.69) is 26.3 Å². The summed E-state index contributed by atoms with van der Waals surface area (Å²) in [5.41, 5.74) is 3.32. The monoisotopic (exact) mass is 567 g/mol. The van der Waals surface area contributed by atoms with Crippen molar-refractivity contribution in [3.8, 4) is 17.2 Å². The topological polar surface area (TPSA) is 136 Å². The Morgan fingerprint density at radius 1 is 1.05 bits per heavy atom. The Morgan fingerprint density at radius 3 is 2.64 bits per heavy atom. The summed E-state index contributed by atoms with van der Waals surface area (Å²) in [7, 11) is 0. The lowest BCUT2D eigenvalue weighted by Crippen LogP contribution is -2.38. The molecule has 216 valence electrons. The van der Waals surface area contributed by atoms with E-state index in [1.807, 2.05) is 57.3 Å². The van der Waals surface area contributed by atoms with Crippen molar-refractivity contribution in [1.29, 1.82) is 5.26 Å². The molecule has 2 aliphatic heterocycles. The van der Waals surface area contributed by atoms with Crippen LogP contribution in [-0.2, 0) is 9.47 Å². The van der Waals surface area contributed by atoms with Gasteiger partial charge in [0, 0.05) is 71.9 Å². The fourth-order valence-corrected chi connectivity index (χ4v) is 5.61. The molecule has 4 aromatic rings. The number of likely N-dealkylation sites (tertiary alicyclic amines) is 2. The summed E-state index contributed by atoms with van der Waals surface area (Å²) in [6, 6.07) is 12.2. The van der Waals surface area contributed by atoms with Gasteiger partial charge in [0.2, 0.25) is 0 Å². The number of amides is 2. The fourth-order valence-electron chi connectivity index (χ4n) is 5.61. The smallest absolute Gasteiger partial charge is 0.410 e. The van der Waals surface area contributed by atoms with Crippen molar-refractivity contribution in [3.63, 3.8) is 0 Å². The first-order chi connectivity index (χ1) is 20.2. The highest BCUT2D eigenvalue weighted by molar-refractivity contribution is 6.06. The van der Waals surface area contributed by atoms with E-state index in [0.29, 0.717) is 49.5 Å². The lowest BCUT2D eigenvalue weighted by Gasteiger charge is -2.24. The highest BCUT2D eigenvalue weighted by Gasteiger charge is 2.34. The number of para-hydroxylation sites is 1. The van der Waals surface area contributed by atoms with E-state index in [0.717, 1.165) is 33.8 Å². The van der Waals surface area contributed by atoms with E-state index in [1.165, 1.54) is 0 Å². The van der Waals surface area contributed by atoms with Gasteiger partial charge in [-0.25, -0.2) is 14.6 Å². The van der Waals surface area contributed by atoms with Crippen molar-refractivity contribution < 1.29 is 19.1 Å². The quantitative estimate of drug-likeness (QED) is 0.340. The second kappa shape index (κ2) is 10.9. The van der Waals surface area contributed by atoms with Crippen molar-refractivity contribution >= 4 is 39.8 Å². The molecule has 6 rings (SSSR count). The Kier molecular flexibility index (Phi) is 7.06. The second-order valence-corrected chi connectivity index (χ2v) is 11.8. The Bertz CT molecular complexity index is 1700. The van der Waals surface area contributed by atoms with E-state index in [1.54, 1.807) is 22.2 Å². The van der Waals surface area contributed by atoms with Crippen LogP contribution in [0.4, 0.5) is 15.4 Å². The van der Waals surface area contributed by atoms with E-state index in [-0.39, 0.29) is 24.3 Å². The zero-order valence-corrected chi connectivity index (χ0v) is 23.9. The predicted molar refractivity (Wildman–Crippen MR) is 158 cm³/mol. The molecule has 11 heteroatoms. The van der Waals surface area contributed by atoms with Crippen molar-refractivity contribution in [2.45, 2.75) is 51.4 Å². The fraction of sp³-hybridized carbons (Fsp3) is 0.387. The summed E-state index contributed by atoms with van der Waals surface area (Å²) >= 11 is 0. The SMILES string of the molecule is CC(C)(C)OC(=O)N1CC[C@@H](OC(=O)N2CCC(Nc3cc4c(-c5c[nH]c6ccccc56)c(C#N)cnc4cn3)C2)C1. The number of nitriles is 1. The summed E-state index contributed by atoms with van der Waals surface area (Å²) < 4.78 is 11.2. The third-order valence-electron chi connectivity index (χ3n) is 7.60. The van der Waals surface area contributed by atoms with Crippen LogP contribution in [0.25, 0.3) is 32.9 Å². The average molecular weight is 568 g/mol. The van der Waals surface area contributed by atoms with Crippen LogP contribution in [0, 0.1) is 11.3 Å². The molecule has 2 aliphatic rings. The van der Waals surface area contributed by atoms with Crippen LogP contribution in [0.1, 0.15) is 39.2 Å². The number of carbonyl (C=O) groups excluding carboxylic acids is 2. The minimum atomic E-state index is -0.574. The van der Waals surface area contributed by atoms with E-state index in [4.69, 9.17) is 9.47 Å². The number of nitrogens with one attached hydrogen (secondary N) is 2. The zero-order valence-electron chi connectivity index (χ0n) is 23.9. The van der Waals surface area contributed by atoms with Gasteiger partial charge in [-0.2, -0.15) is 5.26 Å². The predicted octanol–water partition coefficient (Wildman–Crippen LogP) is 5.28. The normalized spacial score (nSPS) is 18.8. The number of nitrogens with zero attached hydrogens (tertiary/aromatic N) is 5. The van der Waals surface area contributed by atoms with Crippen LogP contribution in [-0.4, -0.2) is 80.9 Å². The van der Waals surface area contributed by atoms with Gasteiger partial charge in [0.05, 0.1) is 23.8 Å². The molecule has 1 unspecified atom stereocenters. The molecule has 0 radical (unpaired) electrons. The molecule has 3 aromatic heterocycles. The summed E-state index contributed by atoms with van der Waals surface area (Å²) in [5, 5.41) is 15.2. The minimum absolute atomic E-state index is 0.0204. The lowest BCUT2D eigenvalue weighted by molar-refractivity contribution is 0.0244. The number of fused-ring (bicyclic) bond motifs is 2. The van der Waals surface area contributed by atoms with Crippen LogP contribution < -0.4 is 5.32 Å². The molecule has 0 spiro atoms. The Morgan fingerprint density at radius 2 is 1.83 bits per heavy atom. The number of carbonyl (C=O) groups is 2. The highest BCUT2D eigenvalue weighted by Crippen LogP contribution is 2.36. The number of aromatic amines is 1. The number of benzene rings is 1. The first-order valence-electron chi connectivity index (χ1n) is 14.1. The van der Waals surface area contributed by atoms with E-state index < -0.39 is 5.60 Å². The molecule has 2 atom stereocenters. The van der Waals surface area contributed by atoms with E-state index >= 15 is 0 Å². The molecular formula is C31H33N7O4. The molecular weight excluding hydrogens is 534 g/mol. The molecule has 2 saturated heterocycles. The van der Waals surface area contributed by atoms with Crippen LogP contribution in [0.2, 0.25) is 0 Å². The zero-order chi connectivity index (χ0) is 29.4. The Hall–Kier alpha value is -4.85. The lowest BCUT2D eigenvalue weighted by atomic mass is 9.97. The number of rotatable bonds is 4. The first-order valence-corrected chi connectivity index (χ1v) is 14.1. The third kappa shape index (κ3) is 5.52. The molecule has 2 amide bonds. The number of aromatic nitrogens is 3. The van der Waals surface area contributed by atoms with Gasteiger partial charge < -0.3 is 29.6 Å². The van der Waals surface area contributed by atoms with Crippen LogP contribution in [0.5, 0.6) is 0 Å². The number of pyridine rings is 2. The van der Waals surface area contributed by atoms with Crippen molar-refractivity contribution in [1.82, 2.24) is 24.8 Å². The van der Waals surface area contributed by atoms with Gasteiger partial charge in [-0.15, -0.1) is 0 Å². The maximum atomic E-state index is 12.9. The molecule has 11 nitrogen and oxygen atoms in total. The first kappa shape index (κ1) is 27.3. The van der Waals surface area contributed by atoms with Crippen LogP contribution in [0.15, 0.2) is 48.9 Å². The Balaban J connectivity index is 1.13. The molecule has 1 aromatic carbocycles. The summed E-state index contributed by atoms with van der Waals surface area (Å²) in [6.07, 6.45) is 5.40. The molecule has 0 aliphatic carbocycles. The van der Waals surface area contributed by atoms with Gasteiger partial charge in [0.1, 0.15) is 23.6 Å². The number of ether oxygens (including phenoxy) is 2. The second-order valence-electron chi connectivity index (χ2n) is 11.8. The third-order valence-corrected chi connectivity index (χ3v) is 7.60. The highest BCUT2D eigenvalue weighted by atomic mass is 16.6. The number of anilines is 1. The van der Waals surface area contributed by atoms with Gasteiger partial charge in [0.25, 0.3) is 0 Å². The van der Waals surface area contributed by atoms with Crippen molar-refractivity contribution in [3.05, 3.63) is 54.5 Å². The van der Waals surface area contributed by atoms with Gasteiger partial charge >= 0.3 is 12.2 Å². The molecule has 0 bridgehead atoms. The molecule has 42 heavy (non-hydrogen) atoms. The van der Waals surface area contributed by atoms with Crippen molar-refractivity contribution in [2.24, 2.45) is 0 Å². The standard InChI is InChI=1S/C31H33N7O4/c1-31(2,3)42-30(40)38-11-9-21(18-38)41-29(39)37-10-8-20(17-37)36-27-12-23-26(16-35-27)33-14-19(13-32)28(23)24-15-34-25-7-5-4-6-22(24)25/h4-7,12,14-16,20-21,34H,8-11,17-18H2,1-3H3,(H,35,36)/t20?,21-/m1/s1. The molecule has 2 fully saturated rings. The molecule has 5 heterocycles. The van der Waals surface area contributed by atoms with Crippen molar-refractivity contribution in [2.75, 3.05) is 31.5 Å². The summed E-state index contributed by atoms with van der Waals surface area (Å²) in [5.74, 6) is 0.643. The van der Waals surface area contributed by atoms with Gasteiger partial charge in [-0.3, -0.25) is 4.98 Å². The number of hydrogen-bond acceptors (Lipinski definition) is 8. The molecule has 2 N–H and O–H groups in total.